The SMILES string of the molecule is CC(=O)N1CCN(C(=O)c2cccc(CSc3cnc(NC(=O)c4ccc(CN[C@H](CO)CC5=CCC=N5)cc4)s3)c2)CC1. The fourth-order valence-corrected chi connectivity index (χ4v) is 6.76. The normalized spacial score (nSPS) is 15.3. The van der Waals surface area contributed by atoms with Gasteiger partial charge in [-0.05, 0) is 35.4 Å². The number of rotatable bonds is 12. The van der Waals surface area contributed by atoms with Crippen molar-refractivity contribution in [1.29, 1.82) is 0 Å². The van der Waals surface area contributed by atoms with Crippen molar-refractivity contribution in [2.24, 2.45) is 4.99 Å². The van der Waals surface area contributed by atoms with E-state index in [-0.39, 0.29) is 30.4 Å². The Balaban J connectivity index is 1.08. The maximum absolute atomic E-state index is 13.0. The van der Waals surface area contributed by atoms with Gasteiger partial charge in [0.05, 0.1) is 17.0 Å². The predicted molar refractivity (Wildman–Crippen MR) is 174 cm³/mol. The Kier molecular flexibility index (Phi) is 10.9. The highest BCUT2D eigenvalue weighted by Gasteiger charge is 2.23. The van der Waals surface area contributed by atoms with Crippen LogP contribution in [-0.2, 0) is 17.1 Å². The first-order chi connectivity index (χ1) is 21.4. The molecule has 0 radical (unpaired) electrons. The molecule has 1 atom stereocenters. The van der Waals surface area contributed by atoms with E-state index >= 15 is 0 Å². The first kappa shape index (κ1) is 31.6. The molecule has 1 aromatic heterocycles. The van der Waals surface area contributed by atoms with E-state index in [0.29, 0.717) is 61.2 Å². The number of piperazine rings is 1. The number of allylic oxidation sites excluding steroid dienone is 1. The van der Waals surface area contributed by atoms with Crippen molar-refractivity contribution in [3.05, 3.63) is 88.8 Å². The van der Waals surface area contributed by atoms with E-state index in [2.05, 4.69) is 26.7 Å². The fourth-order valence-electron chi connectivity index (χ4n) is 4.95. The van der Waals surface area contributed by atoms with Crippen LogP contribution in [0.4, 0.5) is 5.13 Å². The Morgan fingerprint density at radius 1 is 1.02 bits per heavy atom. The maximum atomic E-state index is 13.0. The molecule has 0 spiro atoms. The molecule has 2 aliphatic rings. The largest absolute Gasteiger partial charge is 0.395 e. The van der Waals surface area contributed by atoms with Crippen LogP contribution < -0.4 is 10.6 Å². The number of aliphatic hydroxyl groups excluding tert-OH is 1. The molecular weight excluding hydrogens is 597 g/mol. The number of benzene rings is 2. The molecule has 12 heteroatoms. The summed E-state index contributed by atoms with van der Waals surface area (Å²) in [6.45, 7) is 4.35. The molecule has 1 fully saturated rings. The van der Waals surface area contributed by atoms with Gasteiger partial charge in [0.15, 0.2) is 5.13 Å². The minimum atomic E-state index is -0.231. The van der Waals surface area contributed by atoms with E-state index in [0.717, 1.165) is 27.5 Å². The second kappa shape index (κ2) is 15.2. The van der Waals surface area contributed by atoms with Crippen LogP contribution in [0, 0.1) is 0 Å². The summed E-state index contributed by atoms with van der Waals surface area (Å²) in [4.78, 5) is 49.7. The lowest BCUT2D eigenvalue weighted by atomic mass is 10.1. The summed E-state index contributed by atoms with van der Waals surface area (Å²) in [6, 6.07) is 14.9. The molecule has 2 aliphatic heterocycles. The van der Waals surface area contributed by atoms with Gasteiger partial charge in [-0.25, -0.2) is 4.98 Å². The summed E-state index contributed by atoms with van der Waals surface area (Å²) < 4.78 is 0.955. The smallest absolute Gasteiger partial charge is 0.257 e. The van der Waals surface area contributed by atoms with Gasteiger partial charge in [0.2, 0.25) is 5.91 Å². The van der Waals surface area contributed by atoms with Crippen molar-refractivity contribution in [1.82, 2.24) is 20.1 Å². The predicted octanol–water partition coefficient (Wildman–Crippen LogP) is 4.19. The summed E-state index contributed by atoms with van der Waals surface area (Å²) in [5.74, 6) is 0.447. The monoisotopic (exact) mass is 632 g/mol. The second-order valence-corrected chi connectivity index (χ2v) is 12.9. The summed E-state index contributed by atoms with van der Waals surface area (Å²) in [5, 5.41) is 16.4. The lowest BCUT2D eigenvalue weighted by Gasteiger charge is -2.34. The number of amides is 3. The van der Waals surface area contributed by atoms with Crippen molar-refractivity contribution in [2.45, 2.75) is 42.3 Å². The number of nitrogens with zero attached hydrogens (tertiary/aromatic N) is 4. The quantitative estimate of drug-likeness (QED) is 0.256. The third-order valence-electron chi connectivity index (χ3n) is 7.48. The number of thiazole rings is 1. The molecule has 1 saturated heterocycles. The Labute approximate surface area is 265 Å². The standard InChI is InChI=1S/C32H36N6O4S2/c1-22(40)37-12-14-38(15-13-37)31(42)26-5-2-4-24(16-26)21-43-29-19-35-32(44-29)36-30(41)25-9-7-23(8-10-25)18-34-28(20-39)17-27-6-3-11-33-27/h2,4-11,16,19,28,34,39H,3,12-15,17-18,20-21H2,1H3,(H,35,36,41)/t28-/m0/s1. The van der Waals surface area contributed by atoms with Gasteiger partial charge in [-0.3, -0.25) is 24.7 Å². The van der Waals surface area contributed by atoms with Crippen molar-refractivity contribution in [2.75, 3.05) is 38.1 Å². The zero-order chi connectivity index (χ0) is 30.9. The Hall–Kier alpha value is -3.84. The molecule has 10 nitrogen and oxygen atoms in total. The summed E-state index contributed by atoms with van der Waals surface area (Å²) in [6.07, 6.45) is 7.20. The topological polar surface area (TPSA) is 127 Å². The molecule has 0 bridgehead atoms. The van der Waals surface area contributed by atoms with E-state index < -0.39 is 0 Å². The van der Waals surface area contributed by atoms with E-state index in [4.69, 9.17) is 0 Å². The lowest BCUT2D eigenvalue weighted by Crippen LogP contribution is -2.50. The van der Waals surface area contributed by atoms with Crippen LogP contribution in [0.25, 0.3) is 0 Å². The minimum absolute atomic E-state index is 0.0195. The van der Waals surface area contributed by atoms with E-state index in [1.54, 1.807) is 46.8 Å². The van der Waals surface area contributed by atoms with Gasteiger partial charge in [-0.15, -0.1) is 11.8 Å². The molecule has 5 rings (SSSR count). The molecule has 0 aliphatic carbocycles. The van der Waals surface area contributed by atoms with Crippen molar-refractivity contribution in [3.63, 3.8) is 0 Å². The van der Waals surface area contributed by atoms with Gasteiger partial charge in [-0.1, -0.05) is 41.7 Å². The Morgan fingerprint density at radius 3 is 2.50 bits per heavy atom. The number of anilines is 1. The molecule has 3 amide bonds. The molecule has 3 N–H and O–H groups in total. The van der Waals surface area contributed by atoms with Crippen LogP contribution >= 0.6 is 23.1 Å². The Bertz CT molecular complexity index is 1530. The minimum Gasteiger partial charge on any atom is -0.395 e. The van der Waals surface area contributed by atoms with E-state index in [9.17, 15) is 19.5 Å². The highest BCUT2D eigenvalue weighted by Crippen LogP contribution is 2.31. The molecule has 44 heavy (non-hydrogen) atoms. The Morgan fingerprint density at radius 2 is 1.80 bits per heavy atom. The molecule has 2 aromatic carbocycles. The summed E-state index contributed by atoms with van der Waals surface area (Å²) in [7, 11) is 0. The van der Waals surface area contributed by atoms with E-state index in [1.807, 2.05) is 42.6 Å². The second-order valence-electron chi connectivity index (χ2n) is 10.6. The highest BCUT2D eigenvalue weighted by molar-refractivity contribution is 8.00. The van der Waals surface area contributed by atoms with Crippen LogP contribution in [-0.4, -0.2) is 82.7 Å². The van der Waals surface area contributed by atoms with Gasteiger partial charge in [0.1, 0.15) is 0 Å². The molecule has 0 saturated carbocycles. The molecule has 3 heterocycles. The number of hydrogen-bond donors (Lipinski definition) is 3. The molecule has 3 aromatic rings. The molecular formula is C32H36N6O4S2. The number of aromatic nitrogens is 1. The van der Waals surface area contributed by atoms with Crippen LogP contribution in [0.2, 0.25) is 0 Å². The van der Waals surface area contributed by atoms with Crippen LogP contribution in [0.5, 0.6) is 0 Å². The first-order valence-electron chi connectivity index (χ1n) is 14.6. The summed E-state index contributed by atoms with van der Waals surface area (Å²) in [5.41, 5.74) is 4.20. The number of thioether (sulfide) groups is 1. The van der Waals surface area contributed by atoms with Crippen LogP contribution in [0.15, 0.2) is 75.7 Å². The van der Waals surface area contributed by atoms with Gasteiger partial charge < -0.3 is 20.2 Å². The third-order valence-corrected chi connectivity index (χ3v) is 9.65. The average molecular weight is 633 g/mol. The van der Waals surface area contributed by atoms with E-state index in [1.165, 1.54) is 11.3 Å². The van der Waals surface area contributed by atoms with Crippen LogP contribution in [0.1, 0.15) is 51.6 Å². The highest BCUT2D eigenvalue weighted by atomic mass is 32.2. The lowest BCUT2D eigenvalue weighted by molar-refractivity contribution is -0.130. The number of carbonyl (C=O) groups excluding carboxylic acids is 3. The number of hydrogen-bond acceptors (Lipinski definition) is 9. The zero-order valence-electron chi connectivity index (χ0n) is 24.6. The van der Waals surface area contributed by atoms with Gasteiger partial charge in [0.25, 0.3) is 11.8 Å². The number of carbonyl (C=O) groups is 3. The van der Waals surface area contributed by atoms with Crippen molar-refractivity contribution < 1.29 is 19.5 Å². The number of nitrogens with one attached hydrogen (secondary N) is 2. The van der Waals surface area contributed by atoms with Crippen molar-refractivity contribution >= 4 is 52.2 Å². The zero-order valence-corrected chi connectivity index (χ0v) is 26.2. The number of aliphatic hydroxyl groups is 1. The third kappa shape index (κ3) is 8.63. The maximum Gasteiger partial charge on any atom is 0.257 e. The van der Waals surface area contributed by atoms with Crippen LogP contribution in [0.3, 0.4) is 0 Å². The fraction of sp³-hybridized carbons (Fsp3) is 0.344. The van der Waals surface area contributed by atoms with Crippen molar-refractivity contribution in [3.8, 4) is 0 Å². The first-order valence-corrected chi connectivity index (χ1v) is 16.4. The average Bonchev–Trinajstić information content (AvgIpc) is 3.74. The van der Waals surface area contributed by atoms with Gasteiger partial charge in [-0.2, -0.15) is 0 Å². The molecule has 230 valence electrons. The number of aliphatic imine (C=N–C) groups is 1. The van der Waals surface area contributed by atoms with Gasteiger partial charge >= 0.3 is 0 Å². The molecule has 0 unspecified atom stereocenters. The summed E-state index contributed by atoms with van der Waals surface area (Å²) >= 11 is 3.00. The van der Waals surface area contributed by atoms with Gasteiger partial charge in [0, 0.05) is 87.3 Å².